The van der Waals surface area contributed by atoms with E-state index in [-0.39, 0.29) is 46.4 Å². The summed E-state index contributed by atoms with van der Waals surface area (Å²) in [5, 5.41) is 108. The fourth-order valence-corrected chi connectivity index (χ4v) is 14.9. The Morgan fingerprint density at radius 1 is 0.735 bits per heavy atom. The zero-order chi connectivity index (χ0) is 50.0. The second-order valence-electron chi connectivity index (χ2n) is 23.7. The van der Waals surface area contributed by atoms with Crippen molar-refractivity contribution in [1.29, 1.82) is 0 Å². The van der Waals surface area contributed by atoms with Crippen molar-refractivity contribution in [2.45, 2.75) is 211 Å². The van der Waals surface area contributed by atoms with Crippen molar-refractivity contribution >= 4 is 11.8 Å². The van der Waals surface area contributed by atoms with Gasteiger partial charge in [-0.15, -0.1) is 0 Å². The van der Waals surface area contributed by atoms with Crippen molar-refractivity contribution in [1.82, 2.24) is 0 Å². The van der Waals surface area contributed by atoms with E-state index in [1.54, 1.807) is 7.11 Å². The third-order valence-electron chi connectivity index (χ3n) is 19.4. The highest BCUT2D eigenvalue weighted by atomic mass is 16.8. The van der Waals surface area contributed by atoms with E-state index in [1.165, 1.54) is 6.92 Å². The van der Waals surface area contributed by atoms with E-state index >= 15 is 4.79 Å². The maximum atomic E-state index is 15.1. The van der Waals surface area contributed by atoms with Gasteiger partial charge in [-0.1, -0.05) is 60.1 Å². The average molecular weight is 971 g/mol. The number of carbonyl (C=O) groups excluding carboxylic acids is 2. The third-order valence-corrected chi connectivity index (χ3v) is 19.4. The molecule has 0 spiro atoms. The largest absolute Gasteiger partial charge is 0.432 e. The van der Waals surface area contributed by atoms with E-state index in [0.717, 1.165) is 24.8 Å². The minimum Gasteiger partial charge on any atom is -0.432 e. The van der Waals surface area contributed by atoms with Gasteiger partial charge >= 0.3 is 5.97 Å². The quantitative estimate of drug-likeness (QED) is 0.107. The molecule has 19 heteroatoms. The number of aliphatic hydroxyl groups excluding tert-OH is 10. The number of allylic oxidation sites excluding steroid dienone is 1. The highest BCUT2D eigenvalue weighted by Crippen LogP contribution is 2.76. The first-order chi connectivity index (χ1) is 31.6. The lowest BCUT2D eigenvalue weighted by atomic mass is 9.33. The summed E-state index contributed by atoms with van der Waals surface area (Å²) >= 11 is 0. The molecule has 3 saturated heterocycles. The molecule has 388 valence electrons. The summed E-state index contributed by atoms with van der Waals surface area (Å²) in [5.41, 5.74) is -2.26. The van der Waals surface area contributed by atoms with Crippen LogP contribution in [0, 0.1) is 50.2 Å². The number of ketones is 1. The summed E-state index contributed by atoms with van der Waals surface area (Å²) in [7, 11) is 1.72. The molecule has 0 aromatic carbocycles. The van der Waals surface area contributed by atoms with Crippen molar-refractivity contribution in [2.75, 3.05) is 20.3 Å². The number of hydrogen-bond acceptors (Lipinski definition) is 19. The Hall–Kier alpha value is -1.76. The fraction of sp³-hybridized carbons (Fsp3) is 0.918. The Morgan fingerprint density at radius 3 is 2.03 bits per heavy atom. The first kappa shape index (κ1) is 52.6. The summed E-state index contributed by atoms with van der Waals surface area (Å²) in [5.74, 6) is -1.03. The summed E-state index contributed by atoms with van der Waals surface area (Å²) in [6, 6.07) is 0. The van der Waals surface area contributed by atoms with E-state index in [0.29, 0.717) is 25.7 Å². The molecular weight excluding hydrogens is 893 g/mol. The Labute approximate surface area is 398 Å². The number of ether oxygens (including phenoxy) is 7. The molecule has 8 rings (SSSR count). The standard InChI is InChI=1S/C49H78O19/c1-21-30(53)32(55)35(58)41(64-21)67-38-25(19-50)65-40(37(60)34(38)57)63-20-26-31(54)33(56)36(59)42(66-26)68-43(61)49-15-14-47(7)22(23(49)17-44(2,3)29(52)18-49)16-24(62-9)39-46(6)12-11-28(51)45(4,5)27(46)10-13-48(39,47)8/h16,21,23-28,30-42,50-51,53-60H,10-15,17-20H2,1-9H3/t21-,23-,24+,25-,26-,27-,28+,30-,31-,32+,33+,34-,35-,36-,37-,38-,39+,40-,41+,42+,46-,47+,48+,49+/m0/s1. The zero-order valence-electron chi connectivity index (χ0n) is 40.8. The Balaban J connectivity index is 1.01. The van der Waals surface area contributed by atoms with E-state index in [4.69, 9.17) is 33.2 Å². The molecule has 0 aromatic rings. The number of carbonyl (C=O) groups is 2. The van der Waals surface area contributed by atoms with Gasteiger partial charge in [0.25, 0.3) is 0 Å². The predicted octanol–water partition coefficient (Wildman–Crippen LogP) is -0.0280. The Morgan fingerprint density at radius 2 is 1.37 bits per heavy atom. The predicted molar refractivity (Wildman–Crippen MR) is 235 cm³/mol. The van der Waals surface area contributed by atoms with Gasteiger partial charge in [0, 0.05) is 24.9 Å². The van der Waals surface area contributed by atoms with Gasteiger partial charge in [0.05, 0.1) is 36.9 Å². The van der Waals surface area contributed by atoms with Gasteiger partial charge in [0.1, 0.15) is 72.9 Å². The second-order valence-corrected chi connectivity index (χ2v) is 23.7. The van der Waals surface area contributed by atoms with Gasteiger partial charge in [0.2, 0.25) is 6.29 Å². The van der Waals surface area contributed by atoms with Gasteiger partial charge in [-0.25, -0.2) is 0 Å². The molecule has 3 aliphatic heterocycles. The second kappa shape index (κ2) is 18.3. The van der Waals surface area contributed by atoms with Crippen LogP contribution in [-0.2, 0) is 42.7 Å². The monoisotopic (exact) mass is 971 g/mol. The van der Waals surface area contributed by atoms with Crippen molar-refractivity contribution in [3.63, 3.8) is 0 Å². The molecule has 0 unspecified atom stereocenters. The van der Waals surface area contributed by atoms with Gasteiger partial charge < -0.3 is 84.2 Å². The van der Waals surface area contributed by atoms with Gasteiger partial charge in [0.15, 0.2) is 12.6 Å². The Kier molecular flexibility index (Phi) is 14.2. The SMILES string of the molecule is CO[C@@H]1C=C2[C@@H]3CC(C)(C)C(=O)C[C@]3(C(=O)O[C@H]3O[C@@H](CO[C@H]4O[C@@H](CO)[C@H](O[C@H]5O[C@@H](C)[C@H](O)[C@@H](O)[C@@H]5O)[C@@H](O)[C@@H]4O)[C@H](O)[C@@H](O)[C@@H]3O)CC[C@@]2(C)[C@]2(C)CC[C@H]3C(C)(C)[C@H](O)CC[C@]3(C)[C@@H]12. The van der Waals surface area contributed by atoms with E-state index in [9.17, 15) is 55.9 Å². The van der Waals surface area contributed by atoms with Gasteiger partial charge in [-0.3, -0.25) is 9.59 Å². The Bertz CT molecular complexity index is 1910. The highest BCUT2D eigenvalue weighted by molar-refractivity contribution is 5.92. The van der Waals surface area contributed by atoms with Crippen LogP contribution in [0.1, 0.15) is 107 Å². The maximum Gasteiger partial charge on any atom is 0.315 e. The lowest BCUT2D eigenvalue weighted by Crippen LogP contribution is -2.68. The van der Waals surface area contributed by atoms with Crippen LogP contribution in [0.3, 0.4) is 0 Å². The summed E-state index contributed by atoms with van der Waals surface area (Å²) in [4.78, 5) is 29.1. The first-order valence-corrected chi connectivity index (χ1v) is 24.6. The molecule has 4 saturated carbocycles. The van der Waals surface area contributed by atoms with Crippen molar-refractivity contribution in [2.24, 2.45) is 50.2 Å². The van der Waals surface area contributed by atoms with Crippen LogP contribution in [0.15, 0.2) is 11.6 Å². The third kappa shape index (κ3) is 8.00. The first-order valence-electron chi connectivity index (χ1n) is 24.6. The zero-order valence-corrected chi connectivity index (χ0v) is 40.8. The molecule has 19 nitrogen and oxygen atoms in total. The highest BCUT2D eigenvalue weighted by Gasteiger charge is 2.72. The summed E-state index contributed by atoms with van der Waals surface area (Å²) in [6.07, 6.45) is -18.9. The number of hydrogen-bond donors (Lipinski definition) is 10. The molecule has 7 fully saturated rings. The van der Waals surface area contributed by atoms with Crippen LogP contribution in [0.25, 0.3) is 0 Å². The van der Waals surface area contributed by atoms with Crippen LogP contribution < -0.4 is 0 Å². The molecule has 10 N–H and O–H groups in total. The molecule has 0 radical (unpaired) electrons. The summed E-state index contributed by atoms with van der Waals surface area (Å²) in [6.45, 7) is 15.2. The fourth-order valence-electron chi connectivity index (χ4n) is 14.9. The molecular formula is C49H78O19. The topological polar surface area (TPSA) is 301 Å². The van der Waals surface area contributed by atoms with Crippen LogP contribution in [-0.4, -0.2) is 187 Å². The number of esters is 1. The molecule has 8 aliphatic rings. The lowest BCUT2D eigenvalue weighted by Gasteiger charge is -2.72. The number of rotatable bonds is 9. The van der Waals surface area contributed by atoms with Crippen LogP contribution >= 0.6 is 0 Å². The van der Waals surface area contributed by atoms with Crippen molar-refractivity contribution < 1.29 is 93.8 Å². The minimum atomic E-state index is -1.93. The molecule has 24 atom stereocenters. The smallest absolute Gasteiger partial charge is 0.315 e. The van der Waals surface area contributed by atoms with E-state index in [1.807, 2.05) is 13.8 Å². The van der Waals surface area contributed by atoms with Crippen molar-refractivity contribution in [3.05, 3.63) is 11.6 Å². The molecule has 0 amide bonds. The molecule has 5 aliphatic carbocycles. The van der Waals surface area contributed by atoms with Crippen molar-refractivity contribution in [3.8, 4) is 0 Å². The average Bonchev–Trinajstić information content (AvgIpc) is 3.28. The maximum absolute atomic E-state index is 15.1. The van der Waals surface area contributed by atoms with Crippen LogP contribution in [0.4, 0.5) is 0 Å². The van der Waals surface area contributed by atoms with Gasteiger partial charge in [-0.2, -0.15) is 0 Å². The number of fused-ring (bicyclic) bond motifs is 7. The van der Waals surface area contributed by atoms with E-state index in [2.05, 4.69) is 40.7 Å². The molecule has 3 heterocycles. The molecule has 68 heavy (non-hydrogen) atoms. The molecule has 0 bridgehead atoms. The number of Topliss-reactive ketones (excluding diaryl/α,β-unsaturated/α-hetero) is 1. The van der Waals surface area contributed by atoms with E-state index < -0.39 is 140 Å². The van der Waals surface area contributed by atoms with Gasteiger partial charge in [-0.05, 0) is 85.4 Å². The number of aliphatic hydroxyl groups is 10. The van der Waals surface area contributed by atoms with Crippen LogP contribution in [0.2, 0.25) is 0 Å². The van der Waals surface area contributed by atoms with Crippen LogP contribution in [0.5, 0.6) is 0 Å². The lowest BCUT2D eigenvalue weighted by molar-refractivity contribution is -0.361. The number of methoxy groups -OCH3 is 1. The normalized spacial score (nSPS) is 53.2. The minimum absolute atomic E-state index is 0.0995. The summed E-state index contributed by atoms with van der Waals surface area (Å²) < 4.78 is 41.1. The molecule has 0 aromatic heterocycles.